The lowest BCUT2D eigenvalue weighted by Crippen LogP contribution is -2.38. The molecule has 0 bridgehead atoms. The van der Waals surface area contributed by atoms with Crippen molar-refractivity contribution in [2.75, 3.05) is 13.2 Å². The average Bonchev–Trinajstić information content (AvgIpc) is 2.46. The van der Waals surface area contributed by atoms with Crippen LogP contribution in [-0.4, -0.2) is 19.2 Å². The van der Waals surface area contributed by atoms with Gasteiger partial charge in [-0.3, -0.25) is 0 Å². The van der Waals surface area contributed by atoms with Gasteiger partial charge in [0.05, 0.1) is 12.7 Å². The Kier molecular flexibility index (Phi) is 4.13. The summed E-state index contributed by atoms with van der Waals surface area (Å²) in [7, 11) is 0. The third-order valence-electron chi connectivity index (χ3n) is 5.02. The number of rotatable bonds is 3. The van der Waals surface area contributed by atoms with Crippen LogP contribution in [0.25, 0.3) is 0 Å². The summed E-state index contributed by atoms with van der Waals surface area (Å²) in [6.45, 7) is 6.61. The van der Waals surface area contributed by atoms with Crippen LogP contribution in [-0.2, 0) is 11.2 Å². The van der Waals surface area contributed by atoms with Crippen molar-refractivity contribution in [3.8, 4) is 0 Å². The predicted molar refractivity (Wildman–Crippen MR) is 82.9 cm³/mol. The molecular weight excluding hydrogens is 246 g/mol. The van der Waals surface area contributed by atoms with Crippen molar-refractivity contribution < 1.29 is 4.74 Å². The lowest BCUT2D eigenvalue weighted by molar-refractivity contribution is 0.0385. The molecular formula is C18H27NO. The monoisotopic (exact) mass is 273 g/mol. The Balaban J connectivity index is 1.55. The molecule has 1 aliphatic carbocycles. The zero-order valence-electron chi connectivity index (χ0n) is 12.8. The van der Waals surface area contributed by atoms with E-state index in [1.54, 1.807) is 0 Å². The highest BCUT2D eigenvalue weighted by Crippen LogP contribution is 2.35. The van der Waals surface area contributed by atoms with Gasteiger partial charge in [0.25, 0.3) is 0 Å². The van der Waals surface area contributed by atoms with Crippen LogP contribution < -0.4 is 5.32 Å². The Hall–Kier alpha value is -0.860. The van der Waals surface area contributed by atoms with Crippen molar-refractivity contribution in [2.45, 2.75) is 58.1 Å². The summed E-state index contributed by atoms with van der Waals surface area (Å²) in [6, 6.07) is 9.42. The molecule has 1 fully saturated rings. The third kappa shape index (κ3) is 3.24. The maximum atomic E-state index is 5.97. The predicted octanol–water partition coefficient (Wildman–Crippen LogP) is 3.86. The van der Waals surface area contributed by atoms with Gasteiger partial charge in [-0.15, -0.1) is 0 Å². The van der Waals surface area contributed by atoms with Gasteiger partial charge < -0.3 is 10.1 Å². The zero-order chi connectivity index (χ0) is 14.0. The molecule has 1 aromatic carbocycles. The summed E-state index contributed by atoms with van der Waals surface area (Å²) in [5, 5.41) is 3.74. The van der Waals surface area contributed by atoms with Crippen LogP contribution in [0.15, 0.2) is 24.3 Å². The van der Waals surface area contributed by atoms with Gasteiger partial charge in [0.2, 0.25) is 0 Å². The summed E-state index contributed by atoms with van der Waals surface area (Å²) in [5.74, 6) is 0. The van der Waals surface area contributed by atoms with Crippen LogP contribution in [0.4, 0.5) is 0 Å². The minimum Gasteiger partial charge on any atom is -0.372 e. The van der Waals surface area contributed by atoms with Gasteiger partial charge in [0.15, 0.2) is 0 Å². The second kappa shape index (κ2) is 5.87. The molecule has 0 aromatic heterocycles. The molecule has 20 heavy (non-hydrogen) atoms. The lowest BCUT2D eigenvalue weighted by atomic mass is 9.75. The highest BCUT2D eigenvalue weighted by Gasteiger charge is 2.27. The normalized spacial score (nSPS) is 26.2. The highest BCUT2D eigenvalue weighted by molar-refractivity contribution is 5.31. The first kappa shape index (κ1) is 14.1. The van der Waals surface area contributed by atoms with Gasteiger partial charge in [-0.2, -0.15) is 0 Å². The molecule has 110 valence electrons. The average molecular weight is 273 g/mol. The van der Waals surface area contributed by atoms with E-state index >= 15 is 0 Å². The Bertz CT molecular complexity index is 444. The van der Waals surface area contributed by atoms with Gasteiger partial charge in [0, 0.05) is 12.6 Å². The van der Waals surface area contributed by atoms with E-state index in [1.807, 2.05) is 0 Å². The molecule has 0 saturated heterocycles. The molecule has 1 aromatic rings. The van der Waals surface area contributed by atoms with Crippen molar-refractivity contribution in [3.63, 3.8) is 0 Å². The Labute approximate surface area is 122 Å². The fraction of sp³-hybridized carbons (Fsp3) is 0.667. The molecule has 1 unspecified atom stereocenters. The number of ether oxygens (including phenoxy) is 1. The Morgan fingerprint density at radius 3 is 2.75 bits per heavy atom. The number of hydrogen-bond donors (Lipinski definition) is 1. The molecule has 1 heterocycles. The van der Waals surface area contributed by atoms with Crippen LogP contribution in [0.3, 0.4) is 0 Å². The molecule has 2 nitrogen and oxygen atoms in total. The van der Waals surface area contributed by atoms with E-state index in [4.69, 9.17) is 4.74 Å². The molecule has 1 N–H and O–H groups in total. The molecule has 0 radical (unpaired) electrons. The number of fused-ring (bicyclic) bond motifs is 1. The standard InChI is InChI=1S/C18H27NO/c1-18(2)10-7-15(8-11-18)19-13-17-16-6-4-3-5-14(16)9-12-20-17/h3-6,15,17,19H,7-13H2,1-2H3. The quantitative estimate of drug-likeness (QED) is 0.903. The minimum absolute atomic E-state index is 0.245. The van der Waals surface area contributed by atoms with Gasteiger partial charge >= 0.3 is 0 Å². The Morgan fingerprint density at radius 2 is 1.95 bits per heavy atom. The fourth-order valence-electron chi connectivity index (χ4n) is 3.52. The molecule has 0 amide bonds. The molecule has 3 rings (SSSR count). The van der Waals surface area contributed by atoms with E-state index in [-0.39, 0.29) is 6.10 Å². The number of benzene rings is 1. The molecule has 1 saturated carbocycles. The largest absolute Gasteiger partial charge is 0.372 e. The van der Waals surface area contributed by atoms with E-state index in [0.717, 1.165) is 19.6 Å². The topological polar surface area (TPSA) is 21.3 Å². The van der Waals surface area contributed by atoms with E-state index < -0.39 is 0 Å². The van der Waals surface area contributed by atoms with E-state index in [2.05, 4.69) is 43.4 Å². The summed E-state index contributed by atoms with van der Waals surface area (Å²) < 4.78 is 5.97. The summed E-state index contributed by atoms with van der Waals surface area (Å²) in [6.07, 6.45) is 6.60. The maximum absolute atomic E-state index is 5.97. The van der Waals surface area contributed by atoms with Crippen molar-refractivity contribution in [3.05, 3.63) is 35.4 Å². The third-order valence-corrected chi connectivity index (χ3v) is 5.02. The van der Waals surface area contributed by atoms with Crippen molar-refractivity contribution in [1.82, 2.24) is 5.32 Å². The minimum atomic E-state index is 0.245. The van der Waals surface area contributed by atoms with Crippen LogP contribution in [0.1, 0.15) is 56.8 Å². The summed E-state index contributed by atoms with van der Waals surface area (Å²) in [5.41, 5.74) is 3.41. The fourth-order valence-corrected chi connectivity index (χ4v) is 3.52. The maximum Gasteiger partial charge on any atom is 0.0952 e. The molecule has 0 spiro atoms. The van der Waals surface area contributed by atoms with Gasteiger partial charge in [-0.25, -0.2) is 0 Å². The van der Waals surface area contributed by atoms with E-state index in [9.17, 15) is 0 Å². The van der Waals surface area contributed by atoms with Crippen LogP contribution in [0.2, 0.25) is 0 Å². The van der Waals surface area contributed by atoms with Gasteiger partial charge in [-0.1, -0.05) is 38.1 Å². The Morgan fingerprint density at radius 1 is 1.20 bits per heavy atom. The van der Waals surface area contributed by atoms with Crippen LogP contribution >= 0.6 is 0 Å². The lowest BCUT2D eigenvalue weighted by Gasteiger charge is -2.36. The second-order valence-corrected chi connectivity index (χ2v) is 7.15. The smallest absolute Gasteiger partial charge is 0.0952 e. The van der Waals surface area contributed by atoms with E-state index in [1.165, 1.54) is 36.8 Å². The second-order valence-electron chi connectivity index (χ2n) is 7.15. The van der Waals surface area contributed by atoms with Crippen molar-refractivity contribution >= 4 is 0 Å². The van der Waals surface area contributed by atoms with Crippen molar-refractivity contribution in [2.24, 2.45) is 5.41 Å². The molecule has 1 aliphatic heterocycles. The first-order valence-electron chi connectivity index (χ1n) is 8.07. The molecule has 2 heteroatoms. The highest BCUT2D eigenvalue weighted by atomic mass is 16.5. The van der Waals surface area contributed by atoms with Gasteiger partial charge in [-0.05, 0) is 48.6 Å². The first-order chi connectivity index (χ1) is 9.64. The first-order valence-corrected chi connectivity index (χ1v) is 8.07. The molecule has 2 aliphatic rings. The van der Waals surface area contributed by atoms with Crippen molar-refractivity contribution in [1.29, 1.82) is 0 Å². The number of nitrogens with one attached hydrogen (secondary N) is 1. The van der Waals surface area contributed by atoms with E-state index in [0.29, 0.717) is 11.5 Å². The SMILES string of the molecule is CC1(C)CCC(NCC2OCCc3ccccc32)CC1. The van der Waals surface area contributed by atoms with Crippen LogP contribution in [0, 0.1) is 5.41 Å². The van der Waals surface area contributed by atoms with Gasteiger partial charge in [0.1, 0.15) is 0 Å². The summed E-state index contributed by atoms with van der Waals surface area (Å²) in [4.78, 5) is 0. The number of hydrogen-bond acceptors (Lipinski definition) is 2. The van der Waals surface area contributed by atoms with Crippen LogP contribution in [0.5, 0.6) is 0 Å². The zero-order valence-corrected chi connectivity index (χ0v) is 12.8. The summed E-state index contributed by atoms with van der Waals surface area (Å²) >= 11 is 0. The molecule has 1 atom stereocenters.